The van der Waals surface area contributed by atoms with Crippen molar-refractivity contribution in [3.8, 4) is 17.6 Å². The van der Waals surface area contributed by atoms with E-state index in [1.807, 2.05) is 43.3 Å². The van der Waals surface area contributed by atoms with Crippen LogP contribution in [-0.4, -0.2) is 24.2 Å². The molecule has 0 aliphatic heterocycles. The Hall–Kier alpha value is -3.26. The molecule has 1 N–H and O–H groups in total. The van der Waals surface area contributed by atoms with E-state index < -0.39 is 0 Å². The first-order valence-electron chi connectivity index (χ1n) is 7.45. The van der Waals surface area contributed by atoms with Gasteiger partial charge in [0.1, 0.15) is 11.9 Å². The van der Waals surface area contributed by atoms with Gasteiger partial charge in [-0.2, -0.15) is 5.26 Å². The number of H-pyrrole nitrogens is 1. The number of imidazole rings is 1. The van der Waals surface area contributed by atoms with Crippen molar-refractivity contribution < 1.29 is 9.47 Å². The molecule has 0 aliphatic carbocycles. The summed E-state index contributed by atoms with van der Waals surface area (Å²) in [4.78, 5) is 7.70. The first-order valence-corrected chi connectivity index (χ1v) is 7.45. The van der Waals surface area contributed by atoms with E-state index in [1.165, 1.54) is 0 Å². The SMILES string of the molecule is COc1ccc(/C=C(\C#N)c2nc3ccc(C)cc3[nH]2)cc1OC. The van der Waals surface area contributed by atoms with Crippen LogP contribution in [0, 0.1) is 18.3 Å². The van der Waals surface area contributed by atoms with Crippen LogP contribution in [0.15, 0.2) is 36.4 Å². The number of hydrogen-bond donors (Lipinski definition) is 1. The summed E-state index contributed by atoms with van der Waals surface area (Å²) >= 11 is 0. The molecule has 0 bridgehead atoms. The zero-order valence-electron chi connectivity index (χ0n) is 13.8. The summed E-state index contributed by atoms with van der Waals surface area (Å²) in [6, 6.07) is 13.6. The summed E-state index contributed by atoms with van der Waals surface area (Å²) in [5.41, 5.74) is 4.18. The van der Waals surface area contributed by atoms with Crippen molar-refractivity contribution in [3.63, 3.8) is 0 Å². The van der Waals surface area contributed by atoms with Crippen molar-refractivity contribution in [2.45, 2.75) is 6.92 Å². The van der Waals surface area contributed by atoms with Crippen molar-refractivity contribution in [2.75, 3.05) is 14.2 Å². The highest BCUT2D eigenvalue weighted by Gasteiger charge is 2.09. The van der Waals surface area contributed by atoms with Gasteiger partial charge in [-0.1, -0.05) is 12.1 Å². The molecule has 5 heteroatoms. The molecule has 2 aromatic carbocycles. The number of rotatable bonds is 4. The molecule has 1 heterocycles. The van der Waals surface area contributed by atoms with E-state index in [0.29, 0.717) is 22.9 Å². The zero-order chi connectivity index (χ0) is 17.1. The Labute approximate surface area is 140 Å². The standard InChI is InChI=1S/C19H17N3O2/c1-12-4-6-15-16(8-12)22-19(21-15)14(11-20)9-13-5-7-17(23-2)18(10-13)24-3/h4-10H,1-3H3,(H,21,22)/b14-9+. The van der Waals surface area contributed by atoms with Crippen molar-refractivity contribution in [1.29, 1.82) is 5.26 Å². The Morgan fingerprint density at radius 2 is 1.92 bits per heavy atom. The molecule has 0 fully saturated rings. The van der Waals surface area contributed by atoms with Gasteiger partial charge in [-0.3, -0.25) is 0 Å². The number of fused-ring (bicyclic) bond motifs is 1. The zero-order valence-corrected chi connectivity index (χ0v) is 13.8. The maximum Gasteiger partial charge on any atom is 0.161 e. The van der Waals surface area contributed by atoms with E-state index in [-0.39, 0.29) is 0 Å². The smallest absolute Gasteiger partial charge is 0.161 e. The largest absolute Gasteiger partial charge is 0.493 e. The predicted octanol–water partition coefficient (Wildman–Crippen LogP) is 3.95. The van der Waals surface area contributed by atoms with Gasteiger partial charge in [-0.25, -0.2) is 4.98 Å². The van der Waals surface area contributed by atoms with Crippen molar-refractivity contribution in [1.82, 2.24) is 9.97 Å². The van der Waals surface area contributed by atoms with Gasteiger partial charge in [0.05, 0.1) is 30.8 Å². The molecular weight excluding hydrogens is 302 g/mol. The van der Waals surface area contributed by atoms with Crippen LogP contribution in [0.1, 0.15) is 17.0 Å². The van der Waals surface area contributed by atoms with E-state index in [0.717, 1.165) is 22.2 Å². The maximum absolute atomic E-state index is 9.51. The van der Waals surface area contributed by atoms with Gasteiger partial charge >= 0.3 is 0 Å². The summed E-state index contributed by atoms with van der Waals surface area (Å²) in [5, 5.41) is 9.51. The Bertz CT molecular complexity index is 964. The molecular formula is C19H17N3O2. The minimum Gasteiger partial charge on any atom is -0.493 e. The second-order valence-corrected chi connectivity index (χ2v) is 5.39. The topological polar surface area (TPSA) is 70.9 Å². The molecule has 0 atom stereocenters. The third-order valence-electron chi connectivity index (χ3n) is 3.73. The fraction of sp³-hybridized carbons (Fsp3) is 0.158. The monoisotopic (exact) mass is 319 g/mol. The summed E-state index contributed by atoms with van der Waals surface area (Å²) in [7, 11) is 3.17. The molecule has 1 aromatic heterocycles. The highest BCUT2D eigenvalue weighted by molar-refractivity contribution is 5.90. The van der Waals surface area contributed by atoms with Crippen LogP contribution in [-0.2, 0) is 0 Å². The maximum atomic E-state index is 9.51. The highest BCUT2D eigenvalue weighted by atomic mass is 16.5. The lowest BCUT2D eigenvalue weighted by Gasteiger charge is -2.07. The molecule has 5 nitrogen and oxygen atoms in total. The number of nitrogens with zero attached hydrogens (tertiary/aromatic N) is 2. The first-order chi connectivity index (χ1) is 11.6. The van der Waals surface area contributed by atoms with E-state index in [2.05, 4.69) is 16.0 Å². The van der Waals surface area contributed by atoms with E-state index >= 15 is 0 Å². The Balaban J connectivity index is 2.04. The van der Waals surface area contributed by atoms with Crippen LogP contribution in [0.2, 0.25) is 0 Å². The van der Waals surface area contributed by atoms with Crippen LogP contribution in [0.4, 0.5) is 0 Å². The molecule has 0 unspecified atom stereocenters. The van der Waals surface area contributed by atoms with Gasteiger partial charge in [0.15, 0.2) is 11.5 Å². The molecule has 120 valence electrons. The van der Waals surface area contributed by atoms with Crippen molar-refractivity contribution in [2.24, 2.45) is 0 Å². The summed E-state index contributed by atoms with van der Waals surface area (Å²) in [6.07, 6.45) is 1.77. The highest BCUT2D eigenvalue weighted by Crippen LogP contribution is 2.29. The number of ether oxygens (including phenoxy) is 2. The van der Waals surface area contributed by atoms with Gasteiger partial charge in [0.25, 0.3) is 0 Å². The minimum absolute atomic E-state index is 0.455. The lowest BCUT2D eigenvalue weighted by Crippen LogP contribution is -1.91. The van der Waals surface area contributed by atoms with Gasteiger partial charge in [-0.15, -0.1) is 0 Å². The number of methoxy groups -OCH3 is 2. The molecule has 3 rings (SSSR count). The van der Waals surface area contributed by atoms with E-state index in [9.17, 15) is 5.26 Å². The summed E-state index contributed by atoms with van der Waals surface area (Å²) in [5.74, 6) is 1.81. The number of aryl methyl sites for hydroxylation is 1. The van der Waals surface area contributed by atoms with Crippen LogP contribution < -0.4 is 9.47 Å². The Morgan fingerprint density at radius 3 is 2.62 bits per heavy atom. The normalized spacial score (nSPS) is 11.3. The number of nitrogens with one attached hydrogen (secondary N) is 1. The fourth-order valence-electron chi connectivity index (χ4n) is 2.51. The van der Waals surface area contributed by atoms with Crippen LogP contribution in [0.3, 0.4) is 0 Å². The molecule has 0 saturated heterocycles. The second kappa shape index (κ2) is 6.47. The number of hydrogen-bond acceptors (Lipinski definition) is 4. The number of benzene rings is 2. The molecule has 0 aliphatic rings. The number of aromatic amines is 1. The third-order valence-corrected chi connectivity index (χ3v) is 3.73. The third kappa shape index (κ3) is 2.95. The Kier molecular flexibility index (Phi) is 4.21. The lowest BCUT2D eigenvalue weighted by molar-refractivity contribution is 0.355. The minimum atomic E-state index is 0.455. The van der Waals surface area contributed by atoms with Gasteiger partial charge in [-0.05, 0) is 48.4 Å². The number of aromatic nitrogens is 2. The van der Waals surface area contributed by atoms with Crippen LogP contribution in [0.25, 0.3) is 22.7 Å². The van der Waals surface area contributed by atoms with Gasteiger partial charge < -0.3 is 14.5 Å². The predicted molar refractivity (Wildman–Crippen MR) is 93.9 cm³/mol. The van der Waals surface area contributed by atoms with Crippen molar-refractivity contribution in [3.05, 3.63) is 53.3 Å². The van der Waals surface area contributed by atoms with E-state index in [1.54, 1.807) is 20.3 Å². The quantitative estimate of drug-likeness (QED) is 0.739. The molecule has 0 amide bonds. The first kappa shape index (κ1) is 15.6. The lowest BCUT2D eigenvalue weighted by atomic mass is 10.1. The Morgan fingerprint density at radius 1 is 1.12 bits per heavy atom. The summed E-state index contributed by atoms with van der Waals surface area (Å²) < 4.78 is 10.5. The van der Waals surface area contributed by atoms with Gasteiger partial charge in [0.2, 0.25) is 0 Å². The average Bonchev–Trinajstić information content (AvgIpc) is 3.02. The molecule has 0 radical (unpaired) electrons. The molecule has 3 aromatic rings. The molecule has 24 heavy (non-hydrogen) atoms. The average molecular weight is 319 g/mol. The number of nitriles is 1. The van der Waals surface area contributed by atoms with Crippen LogP contribution in [0.5, 0.6) is 11.5 Å². The van der Waals surface area contributed by atoms with E-state index in [4.69, 9.17) is 9.47 Å². The molecule has 0 saturated carbocycles. The fourth-order valence-corrected chi connectivity index (χ4v) is 2.51. The molecule has 0 spiro atoms. The summed E-state index contributed by atoms with van der Waals surface area (Å²) in [6.45, 7) is 2.02. The van der Waals surface area contributed by atoms with Crippen molar-refractivity contribution >= 4 is 22.7 Å². The second-order valence-electron chi connectivity index (χ2n) is 5.39. The van der Waals surface area contributed by atoms with Crippen LogP contribution >= 0.6 is 0 Å². The number of allylic oxidation sites excluding steroid dienone is 1. The van der Waals surface area contributed by atoms with Gasteiger partial charge in [0, 0.05) is 0 Å².